The Kier molecular flexibility index (Phi) is 55.8. The van der Waals surface area contributed by atoms with Crippen LogP contribution >= 0.6 is 0 Å². The van der Waals surface area contributed by atoms with Crippen LogP contribution in [0.2, 0.25) is 0 Å². The van der Waals surface area contributed by atoms with Gasteiger partial charge < -0.3 is 14.2 Å². The number of carbonyl (C=O) groups excluding carboxylic acids is 3. The summed E-state index contributed by atoms with van der Waals surface area (Å²) >= 11 is 0. The van der Waals surface area contributed by atoms with Gasteiger partial charge in [-0.1, -0.05) is 280 Å². The van der Waals surface area contributed by atoms with Crippen molar-refractivity contribution in [3.05, 3.63) is 72.9 Å². The largest absolute Gasteiger partial charge is 0.462 e. The Bertz CT molecular complexity index is 1310. The average Bonchev–Trinajstić information content (AvgIpc) is 3.36. The van der Waals surface area contributed by atoms with Crippen molar-refractivity contribution in [2.75, 3.05) is 13.2 Å². The second kappa shape index (κ2) is 58.4. The minimum absolute atomic E-state index is 0.0855. The molecule has 0 saturated carbocycles. The van der Waals surface area contributed by atoms with Gasteiger partial charge in [-0.3, -0.25) is 14.4 Å². The maximum absolute atomic E-state index is 12.9. The van der Waals surface area contributed by atoms with Gasteiger partial charge in [0.15, 0.2) is 6.10 Å². The molecule has 0 fully saturated rings. The third-order valence-corrected chi connectivity index (χ3v) is 13.0. The first-order chi connectivity index (χ1) is 34.5. The summed E-state index contributed by atoms with van der Waals surface area (Å²) in [6.45, 7) is 6.52. The van der Waals surface area contributed by atoms with Gasteiger partial charge in [0.1, 0.15) is 13.2 Å². The Labute approximate surface area is 433 Å². The van der Waals surface area contributed by atoms with E-state index in [0.29, 0.717) is 19.3 Å². The molecular weight excluding hydrogens is 865 g/mol. The maximum Gasteiger partial charge on any atom is 0.306 e. The highest BCUT2D eigenvalue weighted by Gasteiger charge is 2.19. The molecule has 0 spiro atoms. The van der Waals surface area contributed by atoms with Gasteiger partial charge in [0.25, 0.3) is 0 Å². The summed E-state index contributed by atoms with van der Waals surface area (Å²) < 4.78 is 16.8. The number of esters is 3. The van der Waals surface area contributed by atoms with Crippen molar-refractivity contribution in [3.63, 3.8) is 0 Å². The molecule has 0 aromatic carbocycles. The predicted molar refractivity (Wildman–Crippen MR) is 302 cm³/mol. The minimum atomic E-state index is -0.790. The molecule has 6 nitrogen and oxygen atoms in total. The molecule has 404 valence electrons. The van der Waals surface area contributed by atoms with Crippen molar-refractivity contribution in [1.82, 2.24) is 0 Å². The van der Waals surface area contributed by atoms with Crippen molar-refractivity contribution in [2.24, 2.45) is 0 Å². The van der Waals surface area contributed by atoms with E-state index in [9.17, 15) is 14.4 Å². The molecule has 0 rings (SSSR count). The first-order valence-corrected chi connectivity index (χ1v) is 29.9. The van der Waals surface area contributed by atoms with E-state index in [2.05, 4.69) is 93.7 Å². The van der Waals surface area contributed by atoms with E-state index in [1.165, 1.54) is 161 Å². The third-order valence-electron chi connectivity index (χ3n) is 13.0. The highest BCUT2D eigenvalue weighted by Crippen LogP contribution is 2.17. The van der Waals surface area contributed by atoms with Crippen molar-refractivity contribution in [2.45, 2.75) is 303 Å². The topological polar surface area (TPSA) is 78.9 Å². The predicted octanol–water partition coefficient (Wildman–Crippen LogP) is 20.2. The van der Waals surface area contributed by atoms with Gasteiger partial charge in [-0.25, -0.2) is 0 Å². The molecule has 70 heavy (non-hydrogen) atoms. The number of ether oxygens (including phenoxy) is 3. The van der Waals surface area contributed by atoms with E-state index in [4.69, 9.17) is 14.2 Å². The number of rotatable bonds is 54. The molecule has 1 atom stereocenters. The zero-order chi connectivity index (χ0) is 50.7. The van der Waals surface area contributed by atoms with Crippen LogP contribution in [-0.2, 0) is 28.6 Å². The van der Waals surface area contributed by atoms with Gasteiger partial charge in [0, 0.05) is 19.3 Å². The highest BCUT2D eigenvalue weighted by atomic mass is 16.6. The fourth-order valence-corrected chi connectivity index (χ4v) is 8.51. The Hall–Kier alpha value is -3.15. The summed E-state index contributed by atoms with van der Waals surface area (Å²) in [6.07, 6.45) is 74.7. The first-order valence-electron chi connectivity index (χ1n) is 29.9. The van der Waals surface area contributed by atoms with E-state index in [-0.39, 0.29) is 31.1 Å². The Morgan fingerprint density at radius 2 is 0.557 bits per heavy atom. The van der Waals surface area contributed by atoms with E-state index in [0.717, 1.165) is 96.3 Å². The molecule has 0 aliphatic carbocycles. The van der Waals surface area contributed by atoms with Crippen LogP contribution < -0.4 is 0 Å². The van der Waals surface area contributed by atoms with Crippen LogP contribution in [0.25, 0.3) is 0 Å². The second-order valence-electron chi connectivity index (χ2n) is 19.9. The molecule has 0 radical (unpaired) electrons. The summed E-state index contributed by atoms with van der Waals surface area (Å²) in [4.78, 5) is 38.1. The average molecular weight is 978 g/mol. The molecule has 0 aromatic rings. The fourth-order valence-electron chi connectivity index (χ4n) is 8.51. The monoisotopic (exact) mass is 977 g/mol. The van der Waals surface area contributed by atoms with Gasteiger partial charge in [0.2, 0.25) is 0 Å². The van der Waals surface area contributed by atoms with Gasteiger partial charge in [-0.15, -0.1) is 0 Å². The molecule has 1 unspecified atom stereocenters. The minimum Gasteiger partial charge on any atom is -0.462 e. The van der Waals surface area contributed by atoms with Crippen LogP contribution in [0, 0.1) is 0 Å². The molecule has 0 N–H and O–H groups in total. The van der Waals surface area contributed by atoms with E-state index in [1.54, 1.807) is 0 Å². The molecular formula is C64H112O6. The standard InChI is InChI=1S/C64H112O6/c1-4-7-10-13-16-19-22-24-26-28-30-32-34-35-37-39-42-45-48-51-54-57-63(66)69-60-61(59-68-62(65)56-53-50-47-44-41-21-18-15-12-9-6-3)70-64(67)58-55-52-49-46-43-40-38-36-33-31-29-27-25-23-20-17-14-11-8-5-2/h7,10,16,19,24,26,30,32,35,37,42,45,61H,4-6,8-9,11-15,17-18,20-23,25,27-29,31,33-34,36,38-41,43-44,46-60H2,1-3H3/b10-7-,19-16-,26-24-,32-30-,37-35-,45-42-. The normalized spacial score (nSPS) is 12.6. The molecule has 0 amide bonds. The lowest BCUT2D eigenvalue weighted by Crippen LogP contribution is -2.30. The van der Waals surface area contributed by atoms with Crippen LogP contribution in [0.1, 0.15) is 297 Å². The lowest BCUT2D eigenvalue weighted by molar-refractivity contribution is -0.167. The molecule has 0 aromatic heterocycles. The lowest BCUT2D eigenvalue weighted by Gasteiger charge is -2.18. The van der Waals surface area contributed by atoms with Crippen LogP contribution in [-0.4, -0.2) is 37.2 Å². The van der Waals surface area contributed by atoms with Gasteiger partial charge >= 0.3 is 17.9 Å². The molecule has 0 saturated heterocycles. The highest BCUT2D eigenvalue weighted by molar-refractivity contribution is 5.71. The maximum atomic E-state index is 12.9. The second-order valence-corrected chi connectivity index (χ2v) is 19.9. The summed E-state index contributed by atoms with van der Waals surface area (Å²) in [7, 11) is 0. The SMILES string of the molecule is CC/C=C\C/C=C\C/C=C\C/C=C\C/C=C\C/C=C\CCCCC(=O)OCC(COC(=O)CCCCCCCCCCCCC)OC(=O)CCCCCCCCCCCCCCCCCCCCCC. The number of hydrogen-bond acceptors (Lipinski definition) is 6. The number of allylic oxidation sites excluding steroid dienone is 12. The van der Waals surface area contributed by atoms with Gasteiger partial charge in [-0.2, -0.15) is 0 Å². The Morgan fingerprint density at radius 3 is 0.871 bits per heavy atom. The molecule has 0 aliphatic rings. The third kappa shape index (κ3) is 55.8. The van der Waals surface area contributed by atoms with Crippen molar-refractivity contribution < 1.29 is 28.6 Å². The van der Waals surface area contributed by atoms with Crippen molar-refractivity contribution in [1.29, 1.82) is 0 Å². The summed E-state index contributed by atoms with van der Waals surface area (Å²) in [6, 6.07) is 0. The number of unbranched alkanes of at least 4 members (excludes halogenated alkanes) is 31. The van der Waals surface area contributed by atoms with Crippen LogP contribution in [0.5, 0.6) is 0 Å². The summed E-state index contributed by atoms with van der Waals surface area (Å²) in [5, 5.41) is 0. The zero-order valence-electron chi connectivity index (χ0n) is 46.3. The van der Waals surface area contributed by atoms with E-state index < -0.39 is 6.10 Å². The van der Waals surface area contributed by atoms with Crippen molar-refractivity contribution in [3.8, 4) is 0 Å². The fraction of sp³-hybridized carbons (Fsp3) is 0.766. The Balaban J connectivity index is 4.37. The Morgan fingerprint density at radius 1 is 0.300 bits per heavy atom. The molecule has 0 heterocycles. The van der Waals surface area contributed by atoms with Gasteiger partial charge in [-0.05, 0) is 70.6 Å². The molecule has 0 aliphatic heterocycles. The van der Waals surface area contributed by atoms with Gasteiger partial charge in [0.05, 0.1) is 0 Å². The number of carbonyl (C=O) groups is 3. The van der Waals surface area contributed by atoms with E-state index in [1.807, 2.05) is 0 Å². The zero-order valence-corrected chi connectivity index (χ0v) is 46.3. The van der Waals surface area contributed by atoms with Crippen molar-refractivity contribution >= 4 is 17.9 Å². The smallest absolute Gasteiger partial charge is 0.306 e. The molecule has 0 bridgehead atoms. The summed E-state index contributed by atoms with van der Waals surface area (Å²) in [5.74, 6) is -0.918. The summed E-state index contributed by atoms with van der Waals surface area (Å²) in [5.41, 5.74) is 0. The van der Waals surface area contributed by atoms with Crippen LogP contribution in [0.3, 0.4) is 0 Å². The van der Waals surface area contributed by atoms with E-state index >= 15 is 0 Å². The van der Waals surface area contributed by atoms with Crippen LogP contribution in [0.4, 0.5) is 0 Å². The quantitative estimate of drug-likeness (QED) is 0.0261. The first kappa shape index (κ1) is 66.9. The lowest BCUT2D eigenvalue weighted by atomic mass is 10.0. The molecule has 6 heteroatoms. The van der Waals surface area contributed by atoms with Crippen LogP contribution in [0.15, 0.2) is 72.9 Å². The number of hydrogen-bond donors (Lipinski definition) is 0.